The molecule has 9 heterocycles. The van der Waals surface area contributed by atoms with Gasteiger partial charge in [-0.25, -0.2) is 28.1 Å². The Morgan fingerprint density at radius 3 is 1.68 bits per heavy atom. The lowest BCUT2D eigenvalue weighted by molar-refractivity contribution is -0.135. The number of carboxylic acid groups (broad SMARTS) is 1. The Bertz CT molecular complexity index is 4630. The van der Waals surface area contributed by atoms with Gasteiger partial charge in [0, 0.05) is 52.8 Å². The number of halogens is 2. The van der Waals surface area contributed by atoms with E-state index in [-0.39, 0.29) is 68.7 Å². The van der Waals surface area contributed by atoms with Gasteiger partial charge in [-0.05, 0) is 165 Å². The number of rotatable bonds is 14. The minimum atomic E-state index is -1.56. The van der Waals surface area contributed by atoms with Crippen molar-refractivity contribution in [3.63, 3.8) is 0 Å². The van der Waals surface area contributed by atoms with Crippen LogP contribution in [0.15, 0.2) is 60.9 Å². The number of esters is 1. The zero-order valence-corrected chi connectivity index (χ0v) is 48.0. The number of nitriles is 2. The molecule has 0 unspecified atom stereocenters. The zero-order valence-electron chi connectivity index (χ0n) is 48.0. The summed E-state index contributed by atoms with van der Waals surface area (Å²) >= 11 is 0. The van der Waals surface area contributed by atoms with Crippen LogP contribution in [0.2, 0.25) is 0 Å². The van der Waals surface area contributed by atoms with Gasteiger partial charge in [-0.2, -0.15) is 25.9 Å². The Morgan fingerprint density at radius 1 is 0.700 bits per heavy atom. The molecule has 7 aliphatic rings. The topological polar surface area (TPSA) is 376 Å². The van der Waals surface area contributed by atoms with Gasteiger partial charge in [-0.15, -0.1) is 5.10 Å². The number of aromatic nitrogens is 10. The number of hydrogen-bond acceptors (Lipinski definition) is 18. The number of methoxy groups -OCH3 is 1. The standard InChI is InChI=1S/C24H20FN7O3.C19H14FN3O4.C18H15N5O5/c1-11-19(21(33)23(35)29-24(4-5-24)18-10-27-31-30-18)17-8-12-7-16(12)32(17)20(11)22(34)28-14-2-3-15(25)13(6-14)9-26;1-8-15(17(24)19(26)27)14-6-9-5-13(9)23(14)16(8)18(25)22-11-2-3-12(20)10(4-11)7-21;1-8-13(15(24)18(26)27-2)12-7-9-6-11(9)22(12)14(8)17(25)28-23-16-10(20-21-23)4-3-5-19-16/h2-3,6,10,12,16H,4-5,7-8H2,1H3,(H,28,34)(H,29,35)(H,27,30,31);2-4,9,13H,5-6H2,1H3,(H,22,25)(H,26,27);3-5,9,11H,6-7H2,1-2H3/t12-,16-;9-,13-;9-,11-/m111/s1. The van der Waals surface area contributed by atoms with Crippen LogP contribution in [-0.2, 0) is 43.9 Å². The van der Waals surface area contributed by atoms with Crippen LogP contribution >= 0.6 is 0 Å². The number of carbonyl (C=O) groups is 9. The summed E-state index contributed by atoms with van der Waals surface area (Å²) in [5, 5.41) is 53.3. The van der Waals surface area contributed by atoms with Crippen molar-refractivity contribution in [1.82, 2.24) is 54.6 Å². The van der Waals surface area contributed by atoms with Crippen LogP contribution in [0.5, 0.6) is 0 Å². The third-order valence-electron chi connectivity index (χ3n) is 17.8. The molecule has 4 fully saturated rings. The summed E-state index contributed by atoms with van der Waals surface area (Å²) in [4.78, 5) is 124. The Labute approximate surface area is 505 Å². The molecule has 3 amide bonds. The predicted octanol–water partition coefficient (Wildman–Crippen LogP) is 5.41. The van der Waals surface area contributed by atoms with Crippen molar-refractivity contribution < 1.29 is 66.6 Å². The molecule has 0 radical (unpaired) electrons. The molecule has 3 aliphatic heterocycles. The lowest BCUT2D eigenvalue weighted by Crippen LogP contribution is -2.40. The minimum Gasteiger partial charge on any atom is -0.475 e. The number of aromatic amines is 1. The predicted molar refractivity (Wildman–Crippen MR) is 303 cm³/mol. The maximum Gasteiger partial charge on any atom is 0.382 e. The number of anilines is 2. The molecule has 15 rings (SSSR count). The molecule has 0 saturated heterocycles. The van der Waals surface area contributed by atoms with Gasteiger partial charge in [0.05, 0.1) is 46.7 Å². The second-order valence-corrected chi connectivity index (χ2v) is 23.2. The van der Waals surface area contributed by atoms with E-state index in [1.54, 1.807) is 49.6 Å². The first-order valence-electron chi connectivity index (χ1n) is 28.4. The van der Waals surface area contributed by atoms with E-state index < -0.39 is 70.2 Å². The molecular formula is C61H49F2N15O12. The Balaban J connectivity index is 0.000000125. The van der Waals surface area contributed by atoms with Gasteiger partial charge < -0.3 is 44.3 Å². The SMILES string of the molecule is COC(=O)C(=O)c1c(C)c(C(=O)On2nnc3cccnc32)n2c1C[C@H]1C[C@H]12.Cc1c(C(=O)C(=O)NC2(c3cn[nH]n3)CC2)c2n(c1C(=O)Nc1ccc(F)c(C#N)c1)[C@@H]1C[C@@H]1C2.Cc1c(C(=O)C(=O)O)c2n(c1C(=O)Nc1ccc(F)c(C#N)c1)[C@@H]1C[C@@H]1C2. The number of hydrogen-bond donors (Lipinski definition) is 5. The van der Waals surface area contributed by atoms with Crippen molar-refractivity contribution in [2.24, 2.45) is 17.8 Å². The van der Waals surface area contributed by atoms with Crippen LogP contribution in [0.3, 0.4) is 0 Å². The highest BCUT2D eigenvalue weighted by molar-refractivity contribution is 6.44. The minimum absolute atomic E-state index is 0.0803. The van der Waals surface area contributed by atoms with Crippen LogP contribution in [-0.4, -0.2) is 114 Å². The van der Waals surface area contributed by atoms with E-state index >= 15 is 0 Å². The molecular weight excluding hydrogens is 1170 g/mol. The van der Waals surface area contributed by atoms with E-state index in [4.69, 9.17) is 20.5 Å². The van der Waals surface area contributed by atoms with Crippen LogP contribution in [0.1, 0.15) is 163 Å². The highest BCUT2D eigenvalue weighted by Gasteiger charge is 2.54. The molecule has 8 aromatic rings. The van der Waals surface area contributed by atoms with Crippen LogP contribution in [0, 0.1) is 72.8 Å². The summed E-state index contributed by atoms with van der Waals surface area (Å²) in [6, 6.07) is 14.6. The number of pyridine rings is 1. The molecule has 454 valence electrons. The van der Waals surface area contributed by atoms with Crippen molar-refractivity contribution in [2.45, 2.75) is 95.8 Å². The Hall–Kier alpha value is -11.4. The molecule has 29 heteroatoms. The van der Waals surface area contributed by atoms with E-state index in [9.17, 15) is 51.9 Å². The van der Waals surface area contributed by atoms with Gasteiger partial charge in [-0.3, -0.25) is 28.8 Å². The van der Waals surface area contributed by atoms with Crippen molar-refractivity contribution in [2.75, 3.05) is 17.7 Å². The molecule has 0 bridgehead atoms. The Morgan fingerprint density at radius 2 is 1.20 bits per heavy atom. The van der Waals surface area contributed by atoms with Crippen LogP contribution in [0.4, 0.5) is 20.2 Å². The largest absolute Gasteiger partial charge is 0.475 e. The third-order valence-corrected chi connectivity index (χ3v) is 17.8. The molecule has 90 heavy (non-hydrogen) atoms. The number of carboxylic acids is 1. The van der Waals surface area contributed by atoms with Gasteiger partial charge >= 0.3 is 17.9 Å². The number of ether oxygens (including phenoxy) is 1. The monoisotopic (exact) mass is 1220 g/mol. The lowest BCUT2D eigenvalue weighted by Gasteiger charge is -2.14. The second-order valence-electron chi connectivity index (χ2n) is 23.2. The third kappa shape index (κ3) is 9.61. The van der Waals surface area contributed by atoms with E-state index in [2.05, 4.69) is 51.4 Å². The average molecular weight is 1220 g/mol. The highest BCUT2D eigenvalue weighted by atomic mass is 19.1. The first-order valence-corrected chi connectivity index (χ1v) is 28.4. The first kappa shape index (κ1) is 57.7. The van der Waals surface area contributed by atoms with Crippen molar-refractivity contribution in [3.8, 4) is 12.1 Å². The fourth-order valence-corrected chi connectivity index (χ4v) is 13.2. The fraction of sp³-hybridized carbons (Fsp3) is 0.311. The number of fused-ring (bicyclic) bond motifs is 10. The molecule has 6 atom stereocenters. The number of nitrogens with zero attached hydrogens (tertiary/aromatic N) is 11. The maximum absolute atomic E-state index is 13.7. The van der Waals surface area contributed by atoms with Crippen LogP contribution in [0.25, 0.3) is 11.2 Å². The first-order chi connectivity index (χ1) is 43.2. The summed E-state index contributed by atoms with van der Waals surface area (Å²) in [5.41, 5.74) is 5.26. The summed E-state index contributed by atoms with van der Waals surface area (Å²) < 4.78 is 37.2. The molecule has 2 aromatic carbocycles. The van der Waals surface area contributed by atoms with Crippen molar-refractivity contribution in [1.29, 1.82) is 10.5 Å². The summed E-state index contributed by atoms with van der Waals surface area (Å²) in [6.45, 7) is 4.85. The number of carbonyl (C=O) groups excluding carboxylic acids is 8. The van der Waals surface area contributed by atoms with Gasteiger partial charge in [0.15, 0.2) is 0 Å². The van der Waals surface area contributed by atoms with Gasteiger partial charge in [0.1, 0.15) is 52.1 Å². The molecule has 27 nitrogen and oxygen atoms in total. The van der Waals surface area contributed by atoms with E-state index in [1.165, 1.54) is 36.7 Å². The summed E-state index contributed by atoms with van der Waals surface area (Å²) in [5.74, 6) is -7.74. The lowest BCUT2D eigenvalue weighted by atomic mass is 10.0. The molecule has 0 spiro atoms. The quantitative estimate of drug-likeness (QED) is 0.0393. The number of H-pyrrole nitrogens is 1. The van der Waals surface area contributed by atoms with Crippen LogP contribution < -0.4 is 20.8 Å². The number of Topliss-reactive ketones (excluding diaryl/α,β-unsaturated/α-hetero) is 3. The molecule has 6 aromatic heterocycles. The van der Waals surface area contributed by atoms with E-state index in [1.807, 2.05) is 9.13 Å². The summed E-state index contributed by atoms with van der Waals surface area (Å²) in [7, 11) is 1.15. The van der Waals surface area contributed by atoms with E-state index in [0.717, 1.165) is 43.4 Å². The number of nitrogens with one attached hydrogen (secondary N) is 4. The maximum atomic E-state index is 13.7. The smallest absolute Gasteiger partial charge is 0.382 e. The van der Waals surface area contributed by atoms with Gasteiger partial charge in [-0.1, -0.05) is 0 Å². The van der Waals surface area contributed by atoms with Crippen molar-refractivity contribution in [3.05, 3.63) is 157 Å². The fourth-order valence-electron chi connectivity index (χ4n) is 13.2. The molecule has 4 saturated carbocycles. The van der Waals surface area contributed by atoms with E-state index in [0.29, 0.717) is 106 Å². The van der Waals surface area contributed by atoms with Gasteiger partial charge in [0.25, 0.3) is 35.1 Å². The molecule has 5 N–H and O–H groups in total. The second kappa shape index (κ2) is 21.5. The molecule has 4 aliphatic carbocycles. The number of benzene rings is 2. The average Bonchev–Trinajstić information content (AvgIpc) is 1.56. The van der Waals surface area contributed by atoms with Crippen molar-refractivity contribution >= 4 is 75.5 Å². The summed E-state index contributed by atoms with van der Waals surface area (Å²) in [6.07, 6.45) is 8.95. The number of amides is 3. The van der Waals surface area contributed by atoms with Gasteiger partial charge in [0.2, 0.25) is 5.65 Å². The normalized spacial score (nSPS) is 19.6. The highest BCUT2D eigenvalue weighted by Crippen LogP contribution is 2.57. The number of aliphatic carboxylic acids is 1. The number of ketones is 3. The zero-order chi connectivity index (χ0) is 63.5. The Kier molecular flexibility index (Phi) is 13.8.